The maximum Gasteiger partial charge on any atom is 0.273 e. The van der Waals surface area contributed by atoms with E-state index in [2.05, 4.69) is 25.3 Å². The minimum atomic E-state index is -0.272. The Morgan fingerprint density at radius 3 is 2.56 bits per heavy atom. The first-order chi connectivity index (χ1) is 12.0. The number of aromatic amines is 1. The van der Waals surface area contributed by atoms with Crippen LogP contribution in [0.3, 0.4) is 0 Å². The number of aryl methyl sites for hydroxylation is 2. The van der Waals surface area contributed by atoms with E-state index >= 15 is 0 Å². The number of imidazole rings is 1. The van der Waals surface area contributed by atoms with Gasteiger partial charge in [-0.3, -0.25) is 4.79 Å². The Hall–Kier alpha value is -2.67. The molecule has 1 atom stereocenters. The first-order valence-corrected chi connectivity index (χ1v) is 8.74. The molecule has 1 unspecified atom stereocenters. The van der Waals surface area contributed by atoms with Crippen molar-refractivity contribution >= 4 is 17.7 Å². The summed E-state index contributed by atoms with van der Waals surface area (Å²) < 4.78 is 0. The Morgan fingerprint density at radius 1 is 1.16 bits per heavy atom. The monoisotopic (exact) mass is 353 g/mol. The molecule has 0 radical (unpaired) electrons. The summed E-state index contributed by atoms with van der Waals surface area (Å²) in [6.45, 7) is 5.77. The van der Waals surface area contributed by atoms with Crippen molar-refractivity contribution in [2.75, 3.05) is 0 Å². The van der Waals surface area contributed by atoms with Crippen molar-refractivity contribution in [3.63, 3.8) is 0 Å². The number of aromatic nitrogens is 4. The minimum Gasteiger partial charge on any atom is -0.344 e. The Kier molecular flexibility index (Phi) is 5.14. The van der Waals surface area contributed by atoms with Crippen molar-refractivity contribution in [2.24, 2.45) is 0 Å². The van der Waals surface area contributed by atoms with E-state index in [-0.39, 0.29) is 11.9 Å². The van der Waals surface area contributed by atoms with Gasteiger partial charge in [-0.1, -0.05) is 30.0 Å². The fourth-order valence-corrected chi connectivity index (χ4v) is 3.14. The molecule has 25 heavy (non-hydrogen) atoms. The average molecular weight is 353 g/mol. The van der Waals surface area contributed by atoms with E-state index in [4.69, 9.17) is 0 Å². The Bertz CT molecular complexity index is 859. The van der Waals surface area contributed by atoms with Crippen LogP contribution in [0.5, 0.6) is 0 Å². The topological polar surface area (TPSA) is 83.6 Å². The predicted octanol–water partition coefficient (Wildman–Crippen LogP) is 3.46. The van der Waals surface area contributed by atoms with E-state index < -0.39 is 0 Å². The summed E-state index contributed by atoms with van der Waals surface area (Å²) in [6, 6.07) is 9.53. The number of amides is 1. The van der Waals surface area contributed by atoms with Crippen LogP contribution in [0.1, 0.15) is 40.7 Å². The second-order valence-electron chi connectivity index (χ2n) is 5.65. The van der Waals surface area contributed by atoms with E-state index in [0.29, 0.717) is 10.7 Å². The van der Waals surface area contributed by atoms with Gasteiger partial charge in [-0.2, -0.15) is 0 Å². The second-order valence-corrected chi connectivity index (χ2v) is 6.72. The molecule has 2 heterocycles. The third-order valence-electron chi connectivity index (χ3n) is 3.74. The Labute approximate surface area is 150 Å². The van der Waals surface area contributed by atoms with Gasteiger partial charge in [-0.05, 0) is 32.9 Å². The van der Waals surface area contributed by atoms with Crippen molar-refractivity contribution in [3.8, 4) is 0 Å². The van der Waals surface area contributed by atoms with Crippen LogP contribution in [-0.4, -0.2) is 25.8 Å². The molecular formula is C18H19N5OS. The fourth-order valence-electron chi connectivity index (χ4n) is 2.27. The van der Waals surface area contributed by atoms with Crippen LogP contribution in [0.2, 0.25) is 0 Å². The van der Waals surface area contributed by atoms with Crippen molar-refractivity contribution in [1.29, 1.82) is 0 Å². The molecule has 0 fully saturated rings. The van der Waals surface area contributed by atoms with Gasteiger partial charge >= 0.3 is 0 Å². The summed E-state index contributed by atoms with van der Waals surface area (Å²) >= 11 is 1.41. The van der Waals surface area contributed by atoms with Crippen molar-refractivity contribution in [1.82, 2.24) is 25.3 Å². The highest BCUT2D eigenvalue weighted by Crippen LogP contribution is 2.27. The van der Waals surface area contributed by atoms with Crippen LogP contribution in [-0.2, 0) is 0 Å². The van der Waals surface area contributed by atoms with Gasteiger partial charge in [0.2, 0.25) is 0 Å². The second kappa shape index (κ2) is 7.48. The van der Waals surface area contributed by atoms with E-state index in [1.54, 1.807) is 6.20 Å². The SMILES string of the molecule is Cc1nc(C(C)NC(=O)c2nccnc2Sc2ccccc2)[nH]c1C. The van der Waals surface area contributed by atoms with E-state index in [9.17, 15) is 4.79 Å². The van der Waals surface area contributed by atoms with E-state index in [1.165, 1.54) is 18.0 Å². The molecule has 6 nitrogen and oxygen atoms in total. The summed E-state index contributed by atoms with van der Waals surface area (Å²) in [7, 11) is 0. The van der Waals surface area contributed by atoms with Gasteiger partial charge in [-0.15, -0.1) is 0 Å². The summed E-state index contributed by atoms with van der Waals surface area (Å²) in [5.74, 6) is 0.454. The molecule has 1 aromatic carbocycles. The molecule has 0 saturated heterocycles. The van der Waals surface area contributed by atoms with Crippen molar-refractivity contribution in [2.45, 2.75) is 36.7 Å². The Morgan fingerprint density at radius 2 is 1.88 bits per heavy atom. The summed E-state index contributed by atoms with van der Waals surface area (Å²) in [5.41, 5.74) is 2.23. The van der Waals surface area contributed by atoms with Gasteiger partial charge in [0, 0.05) is 23.0 Å². The number of H-pyrrole nitrogens is 1. The molecule has 0 aliphatic heterocycles. The molecule has 0 saturated carbocycles. The van der Waals surface area contributed by atoms with Gasteiger partial charge in [0.1, 0.15) is 10.9 Å². The standard InChI is InChI=1S/C18H19N5OS/c1-11-12(2)22-16(21-11)13(3)23-17(24)15-18(20-10-9-19-15)25-14-7-5-4-6-8-14/h4-10,13H,1-3H3,(H,21,22)(H,23,24). The van der Waals surface area contributed by atoms with Crippen LogP contribution in [0.25, 0.3) is 0 Å². The molecule has 7 heteroatoms. The maximum absolute atomic E-state index is 12.7. The Balaban J connectivity index is 1.78. The highest BCUT2D eigenvalue weighted by molar-refractivity contribution is 7.99. The van der Waals surface area contributed by atoms with Crippen LogP contribution in [0.4, 0.5) is 0 Å². The number of benzene rings is 1. The number of nitrogens with one attached hydrogen (secondary N) is 2. The third kappa shape index (κ3) is 4.06. The van der Waals surface area contributed by atoms with Crippen LogP contribution in [0, 0.1) is 13.8 Å². The number of hydrogen-bond acceptors (Lipinski definition) is 5. The fraction of sp³-hybridized carbons (Fsp3) is 0.222. The van der Waals surface area contributed by atoms with Gasteiger partial charge in [-0.25, -0.2) is 15.0 Å². The first kappa shape index (κ1) is 17.2. The van der Waals surface area contributed by atoms with Gasteiger partial charge < -0.3 is 10.3 Å². The van der Waals surface area contributed by atoms with Crippen LogP contribution >= 0.6 is 11.8 Å². The lowest BCUT2D eigenvalue weighted by molar-refractivity contribution is 0.0929. The van der Waals surface area contributed by atoms with E-state index in [1.807, 2.05) is 51.1 Å². The van der Waals surface area contributed by atoms with Crippen molar-refractivity contribution < 1.29 is 4.79 Å². The van der Waals surface area contributed by atoms with Gasteiger partial charge in [0.15, 0.2) is 5.69 Å². The molecular weight excluding hydrogens is 334 g/mol. The zero-order valence-corrected chi connectivity index (χ0v) is 15.1. The molecule has 0 bridgehead atoms. The molecule has 128 valence electrons. The lowest BCUT2D eigenvalue weighted by Crippen LogP contribution is -2.28. The molecule has 0 spiro atoms. The lowest BCUT2D eigenvalue weighted by atomic mass is 10.3. The number of carbonyl (C=O) groups is 1. The molecule has 1 amide bonds. The average Bonchev–Trinajstić information content (AvgIpc) is 2.95. The normalized spacial score (nSPS) is 12.0. The van der Waals surface area contributed by atoms with Crippen molar-refractivity contribution in [3.05, 3.63) is 65.6 Å². The molecule has 2 aromatic heterocycles. The number of carbonyl (C=O) groups excluding carboxylic acids is 1. The predicted molar refractivity (Wildman–Crippen MR) is 96.5 cm³/mol. The zero-order valence-electron chi connectivity index (χ0n) is 14.3. The number of rotatable bonds is 5. The minimum absolute atomic E-state index is 0.253. The summed E-state index contributed by atoms with van der Waals surface area (Å²) in [4.78, 5) is 29.8. The summed E-state index contributed by atoms with van der Waals surface area (Å²) in [5, 5.41) is 3.50. The molecule has 3 rings (SSSR count). The molecule has 0 aliphatic rings. The highest BCUT2D eigenvalue weighted by Gasteiger charge is 2.19. The molecule has 2 N–H and O–H groups in total. The maximum atomic E-state index is 12.7. The smallest absolute Gasteiger partial charge is 0.273 e. The van der Waals surface area contributed by atoms with Crippen LogP contribution in [0.15, 0.2) is 52.6 Å². The summed E-state index contributed by atoms with van der Waals surface area (Å²) in [6.07, 6.45) is 3.11. The van der Waals surface area contributed by atoms with Crippen LogP contribution < -0.4 is 5.32 Å². The molecule has 3 aromatic rings. The first-order valence-electron chi connectivity index (χ1n) is 7.92. The number of nitrogens with zero attached hydrogens (tertiary/aromatic N) is 3. The van der Waals surface area contributed by atoms with Gasteiger partial charge in [0.25, 0.3) is 5.91 Å². The quantitative estimate of drug-likeness (QED) is 0.734. The van der Waals surface area contributed by atoms with E-state index in [0.717, 1.165) is 22.1 Å². The lowest BCUT2D eigenvalue weighted by Gasteiger charge is -2.12. The highest BCUT2D eigenvalue weighted by atomic mass is 32.2. The third-order valence-corrected chi connectivity index (χ3v) is 4.74. The number of hydrogen-bond donors (Lipinski definition) is 2. The molecule has 0 aliphatic carbocycles. The van der Waals surface area contributed by atoms with Gasteiger partial charge in [0.05, 0.1) is 11.7 Å². The largest absolute Gasteiger partial charge is 0.344 e. The zero-order chi connectivity index (χ0) is 17.8.